The van der Waals surface area contributed by atoms with Crippen LogP contribution < -0.4 is 0 Å². The summed E-state index contributed by atoms with van der Waals surface area (Å²) in [4.78, 5) is 0. The van der Waals surface area contributed by atoms with Gasteiger partial charge in [0.2, 0.25) is 18.2 Å². The first-order valence-electron chi connectivity index (χ1n) is 1.79. The molecule has 0 radical (unpaired) electrons. The van der Waals surface area contributed by atoms with Gasteiger partial charge in [-0.1, -0.05) is 0 Å². The number of hydrogen-bond acceptors (Lipinski definition) is 4. The van der Waals surface area contributed by atoms with E-state index in [0.29, 0.717) is 18.2 Å². The Bertz CT molecular complexity index is 180. The van der Waals surface area contributed by atoms with Crippen molar-refractivity contribution in [1.29, 1.82) is 0 Å². The van der Waals surface area contributed by atoms with Crippen LogP contribution in [0.1, 0.15) is 0 Å². The van der Waals surface area contributed by atoms with Crippen molar-refractivity contribution in [3.63, 3.8) is 0 Å². The first-order valence-corrected chi connectivity index (χ1v) is 5.37. The molecule has 0 N–H and O–H groups in total. The lowest BCUT2D eigenvalue weighted by molar-refractivity contribution is 1.31. The van der Waals surface area contributed by atoms with Crippen LogP contribution in [-0.4, -0.2) is 26.9 Å². The maximum atomic E-state index is 4.08. The highest BCUT2D eigenvalue weighted by molar-refractivity contribution is 6.88. The normalized spacial score (nSPS) is 25.1. The van der Waals surface area contributed by atoms with Gasteiger partial charge in [0.15, 0.2) is 0 Å². The van der Waals surface area contributed by atoms with E-state index in [1.807, 2.05) is 0 Å². The van der Waals surface area contributed by atoms with Gasteiger partial charge in [-0.3, -0.25) is 0 Å². The molecule has 1 spiro atoms. The van der Waals surface area contributed by atoms with Crippen LogP contribution in [0, 0.1) is 0 Å². The third kappa shape index (κ3) is 0.345. The highest BCUT2D eigenvalue weighted by atomic mass is 28.4. The van der Waals surface area contributed by atoms with Gasteiger partial charge in [0.05, 0.1) is 0 Å². The molecule has 7 heteroatoms. The average molecular weight is 140 g/mol. The van der Waals surface area contributed by atoms with Gasteiger partial charge >= 0.3 is 8.72 Å². The van der Waals surface area contributed by atoms with Crippen molar-refractivity contribution in [3.05, 3.63) is 0 Å². The highest BCUT2D eigenvalue weighted by Gasteiger charge is 2.40. The average Bonchev–Trinajstić information content (AvgIpc) is 1.20. The Labute approximate surface area is 44.9 Å². The third-order valence-corrected chi connectivity index (χ3v) is 7.20. The molecule has 4 nitrogen and oxygen atoms in total. The van der Waals surface area contributed by atoms with Crippen molar-refractivity contribution < 1.29 is 0 Å². The lowest BCUT2D eigenvalue weighted by Crippen LogP contribution is -2.35. The third-order valence-electron chi connectivity index (χ3n) is 0.800. The van der Waals surface area contributed by atoms with E-state index in [1.54, 1.807) is 0 Å². The fourth-order valence-electron chi connectivity index (χ4n) is 0.379. The molecule has 0 aromatic carbocycles. The zero-order valence-corrected chi connectivity index (χ0v) is 6.29. The Morgan fingerprint density at radius 1 is 0.857 bits per heavy atom. The lowest BCUT2D eigenvalue weighted by Gasteiger charge is -2.14. The fourth-order valence-corrected chi connectivity index (χ4v) is 5.21. The molecule has 0 bridgehead atoms. The Balaban J connectivity index is 2.44. The van der Waals surface area contributed by atoms with Crippen LogP contribution >= 0.6 is 0 Å². The SMILES string of the molecule is N1=[Si]=N[Si]12N=[Si]=N2. The maximum Gasteiger partial charge on any atom is 0.576 e. The van der Waals surface area contributed by atoms with E-state index in [-0.39, 0.29) is 0 Å². The minimum absolute atomic E-state index is 0.459. The molecule has 0 aliphatic carbocycles. The van der Waals surface area contributed by atoms with Gasteiger partial charge in [0, 0.05) is 0 Å². The van der Waals surface area contributed by atoms with Crippen molar-refractivity contribution >= 4 is 26.9 Å². The summed E-state index contributed by atoms with van der Waals surface area (Å²) in [6, 6.07) is 0. The standard InChI is InChI=1S/N4Si3/c1-5-2-7(1)3-6-4-7. The van der Waals surface area contributed by atoms with Gasteiger partial charge in [-0.2, -0.15) is 0 Å². The van der Waals surface area contributed by atoms with E-state index in [0.717, 1.165) is 0 Å². The van der Waals surface area contributed by atoms with Crippen LogP contribution in [0.4, 0.5) is 0 Å². The molecule has 32 valence electrons. The van der Waals surface area contributed by atoms with Crippen LogP contribution in [0.15, 0.2) is 17.2 Å². The van der Waals surface area contributed by atoms with Crippen LogP contribution in [0.5, 0.6) is 0 Å². The lowest BCUT2D eigenvalue weighted by atomic mass is 13.7. The van der Waals surface area contributed by atoms with E-state index < -0.39 is 8.72 Å². The molecule has 2 heterocycles. The van der Waals surface area contributed by atoms with E-state index in [9.17, 15) is 0 Å². The smallest absolute Gasteiger partial charge is 0.245 e. The molecule has 0 fully saturated rings. The molecule has 2 rings (SSSR count). The molecule has 7 heavy (non-hydrogen) atoms. The van der Waals surface area contributed by atoms with Gasteiger partial charge in [0.1, 0.15) is 0 Å². The summed E-state index contributed by atoms with van der Waals surface area (Å²) in [6.45, 7) is 0. The van der Waals surface area contributed by atoms with E-state index >= 15 is 0 Å². The molecular formula is N4Si3. The predicted molar refractivity (Wildman–Crippen MR) is 27.0 cm³/mol. The monoisotopic (exact) mass is 140 g/mol. The van der Waals surface area contributed by atoms with Crippen molar-refractivity contribution in [2.24, 2.45) is 17.2 Å². The van der Waals surface area contributed by atoms with E-state index in [1.165, 1.54) is 0 Å². The summed E-state index contributed by atoms with van der Waals surface area (Å²) in [5.74, 6) is 0. The number of rotatable bonds is 0. The van der Waals surface area contributed by atoms with Crippen molar-refractivity contribution in [2.45, 2.75) is 0 Å². The van der Waals surface area contributed by atoms with Crippen LogP contribution in [-0.2, 0) is 0 Å². The van der Waals surface area contributed by atoms with E-state index in [4.69, 9.17) is 0 Å². The molecule has 0 saturated carbocycles. The minimum Gasteiger partial charge on any atom is -0.245 e. The minimum atomic E-state index is -1.77. The summed E-state index contributed by atoms with van der Waals surface area (Å²) in [5, 5.41) is 0. The Morgan fingerprint density at radius 3 is 1.29 bits per heavy atom. The van der Waals surface area contributed by atoms with Crippen molar-refractivity contribution in [3.8, 4) is 0 Å². The van der Waals surface area contributed by atoms with Crippen molar-refractivity contribution in [2.75, 3.05) is 0 Å². The second kappa shape index (κ2) is 0.980. The summed E-state index contributed by atoms with van der Waals surface area (Å²) in [6.07, 6.45) is 0. The van der Waals surface area contributed by atoms with Gasteiger partial charge in [0.25, 0.3) is 0 Å². The molecule has 0 aromatic rings. The van der Waals surface area contributed by atoms with Gasteiger partial charge < -0.3 is 0 Å². The first-order chi connectivity index (χ1) is 3.41. The van der Waals surface area contributed by atoms with Crippen LogP contribution in [0.2, 0.25) is 0 Å². The second-order valence-electron chi connectivity index (χ2n) is 1.25. The zero-order valence-electron chi connectivity index (χ0n) is 3.29. The van der Waals surface area contributed by atoms with Gasteiger partial charge in [-0.15, -0.1) is 0 Å². The topological polar surface area (TPSA) is 49.4 Å². The molecular weight excluding hydrogens is 140 g/mol. The summed E-state index contributed by atoms with van der Waals surface area (Å²) in [7, 11) is -0.847. The summed E-state index contributed by atoms with van der Waals surface area (Å²) in [5.41, 5.74) is 0. The summed E-state index contributed by atoms with van der Waals surface area (Å²) >= 11 is 0. The Hall–Kier alpha value is -0.149. The first kappa shape index (κ1) is 3.80. The quantitative estimate of drug-likeness (QED) is 0.411. The Kier molecular flexibility index (Phi) is 0.533. The number of nitrogens with zero attached hydrogens (tertiary/aromatic N) is 4. The molecule has 0 saturated heterocycles. The van der Waals surface area contributed by atoms with Crippen molar-refractivity contribution in [1.82, 2.24) is 0 Å². The van der Waals surface area contributed by atoms with Gasteiger partial charge in [-0.05, 0) is 0 Å². The predicted octanol–water partition coefficient (Wildman–Crippen LogP) is -0.408. The van der Waals surface area contributed by atoms with Gasteiger partial charge in [-0.25, -0.2) is 17.2 Å². The molecule has 0 amide bonds. The highest BCUT2D eigenvalue weighted by Crippen LogP contribution is 2.16. The summed E-state index contributed by atoms with van der Waals surface area (Å²) < 4.78 is 16.3. The maximum absolute atomic E-state index is 4.08. The molecule has 2 aliphatic heterocycles. The fraction of sp³-hybridized carbons (Fsp3) is 0. The molecule has 0 atom stereocenters. The van der Waals surface area contributed by atoms with Crippen LogP contribution in [0.25, 0.3) is 0 Å². The van der Waals surface area contributed by atoms with E-state index in [2.05, 4.69) is 17.2 Å². The molecule has 0 unspecified atom stereocenters. The Morgan fingerprint density at radius 2 is 1.29 bits per heavy atom. The molecule has 2 aliphatic rings. The second-order valence-corrected chi connectivity index (χ2v) is 6.42. The van der Waals surface area contributed by atoms with Crippen LogP contribution in [0.3, 0.4) is 0 Å². The zero-order chi connectivity index (χ0) is 4.74. The molecule has 0 aromatic heterocycles. The largest absolute Gasteiger partial charge is 0.576 e. The number of hydrogen-bond donors (Lipinski definition) is 0.